The number of rotatable bonds is 7. The summed E-state index contributed by atoms with van der Waals surface area (Å²) in [6, 6.07) is 14.1. The number of nitrogens with zero attached hydrogens (tertiary/aromatic N) is 1. The molecular weight excluding hydrogens is 374 g/mol. The van der Waals surface area contributed by atoms with Gasteiger partial charge >= 0.3 is 5.97 Å². The third kappa shape index (κ3) is 4.08. The number of esters is 1. The van der Waals surface area contributed by atoms with Gasteiger partial charge in [0.2, 0.25) is 0 Å². The molecule has 2 amide bonds. The van der Waals surface area contributed by atoms with Gasteiger partial charge in [0.05, 0.1) is 23.4 Å². The fourth-order valence-corrected chi connectivity index (χ4v) is 3.70. The number of fused-ring (bicyclic) bond motifs is 1. The van der Waals surface area contributed by atoms with Crippen molar-refractivity contribution in [2.45, 2.75) is 5.75 Å². The van der Waals surface area contributed by atoms with Crippen LogP contribution in [-0.2, 0) is 15.3 Å². The van der Waals surface area contributed by atoms with Crippen molar-refractivity contribution < 1.29 is 19.1 Å². The van der Waals surface area contributed by atoms with Crippen LogP contribution in [0.2, 0.25) is 5.02 Å². The van der Waals surface area contributed by atoms with Crippen LogP contribution in [0.15, 0.2) is 48.5 Å². The highest BCUT2D eigenvalue weighted by atomic mass is 35.5. The van der Waals surface area contributed by atoms with E-state index in [9.17, 15) is 14.4 Å². The Hall–Kier alpha value is -2.31. The number of hydrogen-bond donors (Lipinski definition) is 0. The van der Waals surface area contributed by atoms with Gasteiger partial charge in [0.1, 0.15) is 6.61 Å². The summed E-state index contributed by atoms with van der Waals surface area (Å²) >= 11 is 7.46. The summed E-state index contributed by atoms with van der Waals surface area (Å²) in [5, 5.41) is 0.666. The predicted molar refractivity (Wildman–Crippen MR) is 100 cm³/mol. The lowest BCUT2D eigenvalue weighted by Crippen LogP contribution is -2.33. The lowest BCUT2D eigenvalue weighted by Gasteiger charge is -2.13. The molecule has 7 heteroatoms. The predicted octanol–water partition coefficient (Wildman–Crippen LogP) is 3.41. The minimum absolute atomic E-state index is 0.0169. The summed E-state index contributed by atoms with van der Waals surface area (Å²) < 4.78 is 5.13. The first-order chi connectivity index (χ1) is 12.6. The molecule has 26 heavy (non-hydrogen) atoms. The van der Waals surface area contributed by atoms with Gasteiger partial charge in [0.25, 0.3) is 11.8 Å². The zero-order valence-electron chi connectivity index (χ0n) is 13.8. The lowest BCUT2D eigenvalue weighted by atomic mass is 10.1. The zero-order valence-corrected chi connectivity index (χ0v) is 15.4. The smallest absolute Gasteiger partial charge is 0.315 e. The van der Waals surface area contributed by atoms with Gasteiger partial charge in [0, 0.05) is 10.8 Å². The number of hydrogen-bond acceptors (Lipinski definition) is 5. The van der Waals surface area contributed by atoms with E-state index in [1.807, 2.05) is 18.2 Å². The van der Waals surface area contributed by atoms with E-state index in [-0.39, 0.29) is 30.7 Å². The van der Waals surface area contributed by atoms with Crippen molar-refractivity contribution in [3.8, 4) is 0 Å². The van der Waals surface area contributed by atoms with Gasteiger partial charge in [-0.3, -0.25) is 19.3 Å². The SMILES string of the molecule is O=C(CSCc1ccccc1Cl)OCCN1C(=O)c2ccccc2C1=O. The Balaban J connectivity index is 1.41. The van der Waals surface area contributed by atoms with Crippen molar-refractivity contribution >= 4 is 41.1 Å². The lowest BCUT2D eigenvalue weighted by molar-refractivity contribution is -0.140. The molecule has 0 fully saturated rings. The van der Waals surface area contributed by atoms with Crippen LogP contribution in [0.5, 0.6) is 0 Å². The number of thioether (sulfide) groups is 1. The largest absolute Gasteiger partial charge is 0.463 e. The number of carbonyl (C=O) groups is 3. The van der Waals surface area contributed by atoms with Gasteiger partial charge in [0.15, 0.2) is 0 Å². The van der Waals surface area contributed by atoms with E-state index in [0.717, 1.165) is 10.5 Å². The van der Waals surface area contributed by atoms with E-state index in [1.54, 1.807) is 30.3 Å². The number of amides is 2. The summed E-state index contributed by atoms with van der Waals surface area (Å²) in [5.74, 6) is -0.316. The maximum absolute atomic E-state index is 12.2. The normalized spacial score (nSPS) is 13.0. The van der Waals surface area contributed by atoms with Crippen LogP contribution < -0.4 is 0 Å². The van der Waals surface area contributed by atoms with E-state index in [2.05, 4.69) is 0 Å². The van der Waals surface area contributed by atoms with Crippen LogP contribution >= 0.6 is 23.4 Å². The highest BCUT2D eigenvalue weighted by Crippen LogP contribution is 2.22. The van der Waals surface area contributed by atoms with Gasteiger partial charge in [-0.05, 0) is 23.8 Å². The standard InChI is InChI=1S/C19H16ClNO4S/c20-16-8-4-1-5-13(16)11-26-12-17(22)25-10-9-21-18(23)14-6-2-3-7-15(14)19(21)24/h1-8H,9-12H2. The molecule has 0 saturated carbocycles. The second kappa shape index (κ2) is 8.38. The molecule has 0 N–H and O–H groups in total. The topological polar surface area (TPSA) is 63.7 Å². The molecule has 3 rings (SSSR count). The molecule has 0 bridgehead atoms. The minimum Gasteiger partial charge on any atom is -0.463 e. The van der Waals surface area contributed by atoms with Crippen molar-refractivity contribution in [1.29, 1.82) is 0 Å². The van der Waals surface area contributed by atoms with Crippen LogP contribution in [0.4, 0.5) is 0 Å². The Morgan fingerprint density at radius 3 is 2.27 bits per heavy atom. The van der Waals surface area contributed by atoms with Gasteiger partial charge < -0.3 is 4.74 Å². The molecule has 5 nitrogen and oxygen atoms in total. The first-order valence-corrected chi connectivity index (χ1v) is 9.53. The summed E-state index contributed by atoms with van der Waals surface area (Å²) in [4.78, 5) is 37.3. The molecule has 134 valence electrons. The van der Waals surface area contributed by atoms with E-state index in [1.165, 1.54) is 11.8 Å². The van der Waals surface area contributed by atoms with Gasteiger partial charge in [-0.1, -0.05) is 41.9 Å². The molecule has 0 spiro atoms. The van der Waals surface area contributed by atoms with E-state index in [0.29, 0.717) is 21.9 Å². The summed E-state index contributed by atoms with van der Waals surface area (Å²) in [5.41, 5.74) is 1.73. The highest BCUT2D eigenvalue weighted by molar-refractivity contribution is 7.99. The first kappa shape index (κ1) is 18.5. The molecule has 0 saturated heterocycles. The Morgan fingerprint density at radius 1 is 1.00 bits per heavy atom. The Bertz CT molecular complexity index is 820. The Labute approximate surface area is 160 Å². The van der Waals surface area contributed by atoms with Gasteiger partial charge in [-0.25, -0.2) is 0 Å². The molecule has 0 radical (unpaired) electrons. The van der Waals surface area contributed by atoms with Crippen molar-refractivity contribution in [3.05, 3.63) is 70.2 Å². The van der Waals surface area contributed by atoms with Crippen molar-refractivity contribution in [2.75, 3.05) is 18.9 Å². The maximum Gasteiger partial charge on any atom is 0.315 e. The summed E-state index contributed by atoms with van der Waals surface area (Å²) in [6.45, 7) is 0.0320. The van der Waals surface area contributed by atoms with Crippen LogP contribution in [0, 0.1) is 0 Å². The molecule has 0 unspecified atom stereocenters. The van der Waals surface area contributed by atoms with Crippen molar-refractivity contribution in [1.82, 2.24) is 4.90 Å². The maximum atomic E-state index is 12.2. The fraction of sp³-hybridized carbons (Fsp3) is 0.211. The van der Waals surface area contributed by atoms with E-state index >= 15 is 0 Å². The fourth-order valence-electron chi connectivity index (χ4n) is 2.59. The highest BCUT2D eigenvalue weighted by Gasteiger charge is 2.34. The first-order valence-electron chi connectivity index (χ1n) is 8.00. The van der Waals surface area contributed by atoms with Crippen LogP contribution in [0.1, 0.15) is 26.3 Å². The third-order valence-corrected chi connectivity index (χ3v) is 5.22. The van der Waals surface area contributed by atoms with Crippen LogP contribution in [-0.4, -0.2) is 41.6 Å². The molecule has 1 aliphatic rings. The molecule has 0 aromatic heterocycles. The summed E-state index contributed by atoms with van der Waals surface area (Å²) in [6.07, 6.45) is 0. The molecule has 1 heterocycles. The van der Waals surface area contributed by atoms with Crippen molar-refractivity contribution in [2.24, 2.45) is 0 Å². The molecule has 0 atom stereocenters. The zero-order chi connectivity index (χ0) is 18.5. The monoisotopic (exact) mass is 389 g/mol. The minimum atomic E-state index is -0.390. The second-order valence-electron chi connectivity index (χ2n) is 5.61. The average Bonchev–Trinajstić information content (AvgIpc) is 2.88. The van der Waals surface area contributed by atoms with Gasteiger partial charge in [-0.2, -0.15) is 0 Å². The van der Waals surface area contributed by atoms with Gasteiger partial charge in [-0.15, -0.1) is 11.8 Å². The van der Waals surface area contributed by atoms with Crippen molar-refractivity contribution in [3.63, 3.8) is 0 Å². The number of carbonyl (C=O) groups excluding carboxylic acids is 3. The molecule has 2 aromatic rings. The van der Waals surface area contributed by atoms with E-state index < -0.39 is 5.97 Å². The second-order valence-corrected chi connectivity index (χ2v) is 7.01. The molecule has 1 aliphatic heterocycles. The molecule has 0 aliphatic carbocycles. The molecule has 2 aromatic carbocycles. The van der Waals surface area contributed by atoms with Crippen LogP contribution in [0.3, 0.4) is 0 Å². The number of ether oxygens (including phenoxy) is 1. The number of halogens is 1. The Kier molecular flexibility index (Phi) is 5.96. The number of imide groups is 1. The number of benzene rings is 2. The van der Waals surface area contributed by atoms with Crippen LogP contribution in [0.25, 0.3) is 0 Å². The summed E-state index contributed by atoms with van der Waals surface area (Å²) in [7, 11) is 0. The van der Waals surface area contributed by atoms with E-state index in [4.69, 9.17) is 16.3 Å². The molecular formula is C19H16ClNO4S. The third-order valence-electron chi connectivity index (χ3n) is 3.89. The Morgan fingerprint density at radius 2 is 1.62 bits per heavy atom. The average molecular weight is 390 g/mol. The quantitative estimate of drug-likeness (QED) is 0.536.